The zero-order chi connectivity index (χ0) is 13.3. The summed E-state index contributed by atoms with van der Waals surface area (Å²) in [5.74, 6) is 1.02. The SMILES string of the molecule is CCN1CCN(CCCCNCc2ccco2)CC1. The normalized spacial score (nSPS) is 17.9. The van der Waals surface area contributed by atoms with Gasteiger partial charge in [0.1, 0.15) is 5.76 Å². The average Bonchev–Trinajstić information content (AvgIpc) is 2.96. The summed E-state index contributed by atoms with van der Waals surface area (Å²) in [6, 6.07) is 3.95. The number of piperazine rings is 1. The molecule has 0 spiro atoms. The Morgan fingerprint density at radius 1 is 1.16 bits per heavy atom. The van der Waals surface area contributed by atoms with Crippen molar-refractivity contribution in [1.82, 2.24) is 15.1 Å². The van der Waals surface area contributed by atoms with Crippen LogP contribution in [0.5, 0.6) is 0 Å². The van der Waals surface area contributed by atoms with Gasteiger partial charge in [-0.25, -0.2) is 0 Å². The van der Waals surface area contributed by atoms with Crippen LogP contribution in [0.4, 0.5) is 0 Å². The molecule has 4 heteroatoms. The lowest BCUT2D eigenvalue weighted by Gasteiger charge is -2.33. The third kappa shape index (κ3) is 5.35. The van der Waals surface area contributed by atoms with E-state index in [1.807, 2.05) is 12.1 Å². The second-order valence-corrected chi connectivity index (χ2v) is 5.24. The maximum absolute atomic E-state index is 5.28. The Morgan fingerprint density at radius 2 is 1.95 bits per heavy atom. The second kappa shape index (κ2) is 8.35. The lowest BCUT2D eigenvalue weighted by molar-refractivity contribution is 0.135. The first-order valence-corrected chi connectivity index (χ1v) is 7.56. The predicted molar refractivity (Wildman–Crippen MR) is 78.2 cm³/mol. The van der Waals surface area contributed by atoms with Crippen LogP contribution >= 0.6 is 0 Å². The van der Waals surface area contributed by atoms with Gasteiger partial charge in [0.25, 0.3) is 0 Å². The van der Waals surface area contributed by atoms with Crippen LogP contribution in [0.1, 0.15) is 25.5 Å². The molecule has 0 unspecified atom stereocenters. The minimum Gasteiger partial charge on any atom is -0.468 e. The van der Waals surface area contributed by atoms with Crippen molar-refractivity contribution in [2.24, 2.45) is 0 Å². The molecule has 0 atom stereocenters. The number of hydrogen-bond acceptors (Lipinski definition) is 4. The van der Waals surface area contributed by atoms with E-state index >= 15 is 0 Å². The highest BCUT2D eigenvalue weighted by Gasteiger charge is 2.14. The minimum atomic E-state index is 0.849. The molecule has 108 valence electrons. The Hall–Kier alpha value is -0.840. The van der Waals surface area contributed by atoms with Crippen LogP contribution < -0.4 is 5.32 Å². The average molecular weight is 265 g/mol. The zero-order valence-electron chi connectivity index (χ0n) is 12.1. The second-order valence-electron chi connectivity index (χ2n) is 5.24. The molecule has 2 heterocycles. The summed E-state index contributed by atoms with van der Waals surface area (Å²) in [6.07, 6.45) is 4.26. The lowest BCUT2D eigenvalue weighted by atomic mass is 10.2. The first-order valence-electron chi connectivity index (χ1n) is 7.56. The fourth-order valence-corrected chi connectivity index (χ4v) is 2.54. The van der Waals surface area contributed by atoms with E-state index in [0.717, 1.165) is 18.8 Å². The van der Waals surface area contributed by atoms with Gasteiger partial charge in [-0.05, 0) is 44.6 Å². The van der Waals surface area contributed by atoms with Crippen molar-refractivity contribution in [2.45, 2.75) is 26.3 Å². The van der Waals surface area contributed by atoms with Crippen LogP contribution in [0.2, 0.25) is 0 Å². The topological polar surface area (TPSA) is 31.6 Å². The number of hydrogen-bond donors (Lipinski definition) is 1. The molecule has 1 saturated heterocycles. The molecule has 1 aliphatic heterocycles. The molecule has 4 nitrogen and oxygen atoms in total. The third-order valence-corrected chi connectivity index (χ3v) is 3.87. The van der Waals surface area contributed by atoms with Gasteiger partial charge in [0.15, 0.2) is 0 Å². The van der Waals surface area contributed by atoms with Crippen molar-refractivity contribution in [2.75, 3.05) is 45.8 Å². The first-order chi connectivity index (χ1) is 9.38. The number of nitrogens with zero attached hydrogens (tertiary/aromatic N) is 2. The van der Waals surface area contributed by atoms with Crippen LogP contribution in [0, 0.1) is 0 Å². The summed E-state index contributed by atoms with van der Waals surface area (Å²) >= 11 is 0. The van der Waals surface area contributed by atoms with Gasteiger partial charge in [0.2, 0.25) is 0 Å². The molecule has 2 rings (SSSR count). The van der Waals surface area contributed by atoms with Gasteiger partial charge < -0.3 is 19.5 Å². The number of nitrogens with one attached hydrogen (secondary N) is 1. The Labute approximate surface area is 116 Å². The van der Waals surface area contributed by atoms with E-state index in [4.69, 9.17) is 4.42 Å². The number of furan rings is 1. The van der Waals surface area contributed by atoms with Crippen LogP contribution in [0.25, 0.3) is 0 Å². The molecular weight excluding hydrogens is 238 g/mol. The minimum absolute atomic E-state index is 0.849. The summed E-state index contributed by atoms with van der Waals surface area (Å²) in [6.45, 7) is 11.6. The molecule has 0 radical (unpaired) electrons. The summed E-state index contributed by atoms with van der Waals surface area (Å²) in [5.41, 5.74) is 0. The monoisotopic (exact) mass is 265 g/mol. The maximum atomic E-state index is 5.28. The summed E-state index contributed by atoms with van der Waals surface area (Å²) < 4.78 is 5.28. The van der Waals surface area contributed by atoms with E-state index in [1.165, 1.54) is 52.1 Å². The zero-order valence-corrected chi connectivity index (χ0v) is 12.1. The van der Waals surface area contributed by atoms with Gasteiger partial charge in [-0.2, -0.15) is 0 Å². The molecule has 1 aliphatic rings. The largest absolute Gasteiger partial charge is 0.468 e. The van der Waals surface area contributed by atoms with E-state index in [2.05, 4.69) is 22.0 Å². The maximum Gasteiger partial charge on any atom is 0.117 e. The Morgan fingerprint density at radius 3 is 2.63 bits per heavy atom. The van der Waals surface area contributed by atoms with Crippen LogP contribution in [0.3, 0.4) is 0 Å². The quantitative estimate of drug-likeness (QED) is 0.726. The van der Waals surface area contributed by atoms with E-state index in [1.54, 1.807) is 6.26 Å². The van der Waals surface area contributed by atoms with Crippen LogP contribution in [-0.4, -0.2) is 55.6 Å². The van der Waals surface area contributed by atoms with Gasteiger partial charge >= 0.3 is 0 Å². The van der Waals surface area contributed by atoms with Crippen molar-refractivity contribution >= 4 is 0 Å². The van der Waals surface area contributed by atoms with Crippen LogP contribution in [-0.2, 0) is 6.54 Å². The summed E-state index contributed by atoms with van der Waals surface area (Å²) in [4.78, 5) is 5.13. The van der Waals surface area contributed by atoms with Crippen LogP contribution in [0.15, 0.2) is 22.8 Å². The number of unbranched alkanes of at least 4 members (excludes halogenated alkanes) is 1. The fraction of sp³-hybridized carbons (Fsp3) is 0.733. The van der Waals surface area contributed by atoms with Crippen molar-refractivity contribution in [3.05, 3.63) is 24.2 Å². The Balaban J connectivity index is 1.44. The molecule has 0 aliphatic carbocycles. The lowest BCUT2D eigenvalue weighted by Crippen LogP contribution is -2.46. The third-order valence-electron chi connectivity index (χ3n) is 3.87. The van der Waals surface area contributed by atoms with E-state index in [0.29, 0.717) is 0 Å². The molecule has 1 aromatic heterocycles. The van der Waals surface area contributed by atoms with Crippen molar-refractivity contribution in [3.63, 3.8) is 0 Å². The van der Waals surface area contributed by atoms with Crippen molar-refractivity contribution < 1.29 is 4.42 Å². The molecule has 0 saturated carbocycles. The highest BCUT2D eigenvalue weighted by atomic mass is 16.3. The first kappa shape index (κ1) is 14.6. The standard InChI is InChI=1S/C15H27N3O/c1-2-17-9-11-18(12-10-17)8-4-3-7-16-14-15-6-5-13-19-15/h5-6,13,16H,2-4,7-12,14H2,1H3. The Kier molecular flexibility index (Phi) is 6.41. The molecular formula is C15H27N3O. The molecule has 1 fully saturated rings. The van der Waals surface area contributed by atoms with E-state index < -0.39 is 0 Å². The molecule has 0 aromatic carbocycles. The smallest absolute Gasteiger partial charge is 0.117 e. The highest BCUT2D eigenvalue weighted by Crippen LogP contribution is 2.03. The molecule has 0 amide bonds. The fourth-order valence-electron chi connectivity index (χ4n) is 2.54. The molecule has 19 heavy (non-hydrogen) atoms. The molecule has 1 N–H and O–H groups in total. The van der Waals surface area contributed by atoms with E-state index in [-0.39, 0.29) is 0 Å². The number of likely N-dealkylation sites (N-methyl/N-ethyl adjacent to an activating group) is 1. The number of rotatable bonds is 8. The summed E-state index contributed by atoms with van der Waals surface area (Å²) in [5, 5.41) is 3.42. The van der Waals surface area contributed by atoms with Gasteiger partial charge in [0.05, 0.1) is 12.8 Å². The van der Waals surface area contributed by atoms with Gasteiger partial charge in [-0.1, -0.05) is 6.92 Å². The molecule has 0 bridgehead atoms. The predicted octanol–water partition coefficient (Wildman–Crippen LogP) is 1.79. The van der Waals surface area contributed by atoms with E-state index in [9.17, 15) is 0 Å². The Bertz CT molecular complexity index is 318. The van der Waals surface area contributed by atoms with Gasteiger partial charge in [-0.15, -0.1) is 0 Å². The van der Waals surface area contributed by atoms with Crippen molar-refractivity contribution in [3.8, 4) is 0 Å². The summed E-state index contributed by atoms with van der Waals surface area (Å²) in [7, 11) is 0. The van der Waals surface area contributed by atoms with Gasteiger partial charge in [-0.3, -0.25) is 0 Å². The molecule has 1 aromatic rings. The van der Waals surface area contributed by atoms with Gasteiger partial charge in [0, 0.05) is 26.2 Å². The highest BCUT2D eigenvalue weighted by molar-refractivity contribution is 4.97. The van der Waals surface area contributed by atoms with Crippen molar-refractivity contribution in [1.29, 1.82) is 0 Å².